The van der Waals surface area contributed by atoms with Crippen LogP contribution in [0.2, 0.25) is 5.02 Å². The molecule has 3 nitrogen and oxygen atoms in total. The zero-order valence-corrected chi connectivity index (χ0v) is 13.6. The number of carbonyl (C=O) groups is 1. The van der Waals surface area contributed by atoms with E-state index in [0.29, 0.717) is 16.5 Å². The van der Waals surface area contributed by atoms with E-state index < -0.39 is 0 Å². The Hall–Kier alpha value is -1.78. The summed E-state index contributed by atoms with van der Waals surface area (Å²) in [6.07, 6.45) is 3.20. The average Bonchev–Trinajstić information content (AvgIpc) is 2.47. The number of benzene rings is 2. The molecule has 0 atom stereocenters. The van der Waals surface area contributed by atoms with Gasteiger partial charge in [-0.1, -0.05) is 39.7 Å². The molecule has 21 heavy (non-hydrogen) atoms. The maximum absolute atomic E-state index is 11.9. The topological polar surface area (TPSA) is 38.3 Å². The Morgan fingerprint density at radius 2 is 1.95 bits per heavy atom. The molecule has 0 saturated heterocycles. The van der Waals surface area contributed by atoms with E-state index in [-0.39, 0.29) is 5.91 Å². The Bertz CT molecular complexity index is 668. The maximum Gasteiger partial charge on any atom is 0.248 e. The van der Waals surface area contributed by atoms with Gasteiger partial charge in [-0.15, -0.1) is 0 Å². The first-order valence-electron chi connectivity index (χ1n) is 6.16. The van der Waals surface area contributed by atoms with Gasteiger partial charge < -0.3 is 10.1 Å². The predicted octanol–water partition coefficient (Wildman–Crippen LogP) is 4.76. The van der Waals surface area contributed by atoms with Crippen molar-refractivity contribution in [3.05, 3.63) is 63.6 Å². The normalized spacial score (nSPS) is 10.6. The fourth-order valence-electron chi connectivity index (χ4n) is 1.70. The molecule has 0 aliphatic heterocycles. The summed E-state index contributed by atoms with van der Waals surface area (Å²) >= 11 is 9.28. The number of ether oxygens (including phenoxy) is 1. The number of methoxy groups -OCH3 is 1. The number of nitrogens with one attached hydrogen (secondary N) is 1. The van der Waals surface area contributed by atoms with Gasteiger partial charge in [-0.2, -0.15) is 0 Å². The van der Waals surface area contributed by atoms with Gasteiger partial charge in [0, 0.05) is 15.6 Å². The van der Waals surface area contributed by atoms with Crippen LogP contribution in [0.4, 0.5) is 5.69 Å². The minimum atomic E-state index is -0.251. The molecule has 0 aliphatic carbocycles. The summed E-state index contributed by atoms with van der Waals surface area (Å²) in [6.45, 7) is 0. The SMILES string of the molecule is COc1ccc(Cl)cc1NC(=O)C=Cc1ccc(Br)cc1. The molecular formula is C16H13BrClNO2. The highest BCUT2D eigenvalue weighted by Crippen LogP contribution is 2.27. The Morgan fingerprint density at radius 1 is 1.24 bits per heavy atom. The fourth-order valence-corrected chi connectivity index (χ4v) is 2.13. The first-order chi connectivity index (χ1) is 10.1. The Balaban J connectivity index is 2.08. The summed E-state index contributed by atoms with van der Waals surface area (Å²) in [7, 11) is 1.54. The Kier molecular flexibility index (Phi) is 5.42. The van der Waals surface area contributed by atoms with Crippen LogP contribution in [0.15, 0.2) is 53.0 Å². The molecule has 0 aliphatic rings. The van der Waals surface area contributed by atoms with E-state index >= 15 is 0 Å². The summed E-state index contributed by atoms with van der Waals surface area (Å²) in [5, 5.41) is 3.27. The number of carbonyl (C=O) groups excluding carboxylic acids is 1. The van der Waals surface area contributed by atoms with E-state index in [0.717, 1.165) is 10.0 Å². The molecule has 0 unspecified atom stereocenters. The van der Waals surface area contributed by atoms with Crippen LogP contribution in [-0.4, -0.2) is 13.0 Å². The first kappa shape index (κ1) is 15.6. The lowest BCUT2D eigenvalue weighted by atomic mass is 10.2. The van der Waals surface area contributed by atoms with Crippen molar-refractivity contribution in [1.29, 1.82) is 0 Å². The fraction of sp³-hybridized carbons (Fsp3) is 0.0625. The van der Waals surface area contributed by atoms with Crippen LogP contribution in [0.5, 0.6) is 5.75 Å². The molecule has 0 saturated carbocycles. The highest BCUT2D eigenvalue weighted by molar-refractivity contribution is 9.10. The molecule has 108 valence electrons. The summed E-state index contributed by atoms with van der Waals surface area (Å²) in [5.41, 5.74) is 1.47. The van der Waals surface area contributed by atoms with Crippen LogP contribution in [0, 0.1) is 0 Å². The molecule has 0 heterocycles. The molecule has 1 N–H and O–H groups in total. The lowest BCUT2D eigenvalue weighted by Gasteiger charge is -2.08. The number of rotatable bonds is 4. The van der Waals surface area contributed by atoms with E-state index in [1.54, 1.807) is 24.3 Å². The van der Waals surface area contributed by atoms with Gasteiger partial charge in [0.2, 0.25) is 5.91 Å². The number of halogens is 2. The molecule has 2 rings (SSSR count). The third kappa shape index (κ3) is 4.62. The monoisotopic (exact) mass is 365 g/mol. The van der Waals surface area contributed by atoms with Crippen molar-refractivity contribution in [3.8, 4) is 5.75 Å². The van der Waals surface area contributed by atoms with Crippen molar-refractivity contribution < 1.29 is 9.53 Å². The third-order valence-electron chi connectivity index (χ3n) is 2.72. The van der Waals surface area contributed by atoms with Crippen LogP contribution in [0.25, 0.3) is 6.08 Å². The highest BCUT2D eigenvalue weighted by atomic mass is 79.9. The second-order valence-electron chi connectivity index (χ2n) is 4.22. The summed E-state index contributed by atoms with van der Waals surface area (Å²) in [6, 6.07) is 12.7. The van der Waals surface area contributed by atoms with Gasteiger partial charge in [-0.3, -0.25) is 4.79 Å². The van der Waals surface area contributed by atoms with Crippen molar-refractivity contribution in [2.24, 2.45) is 0 Å². The van der Waals surface area contributed by atoms with Gasteiger partial charge in [-0.05, 0) is 42.0 Å². The minimum Gasteiger partial charge on any atom is -0.495 e. The van der Waals surface area contributed by atoms with E-state index in [9.17, 15) is 4.79 Å². The van der Waals surface area contributed by atoms with E-state index in [1.165, 1.54) is 13.2 Å². The zero-order valence-electron chi connectivity index (χ0n) is 11.3. The van der Waals surface area contributed by atoms with E-state index in [2.05, 4.69) is 21.2 Å². The summed E-state index contributed by atoms with van der Waals surface area (Å²) in [4.78, 5) is 11.9. The van der Waals surface area contributed by atoms with Gasteiger partial charge in [0.25, 0.3) is 0 Å². The van der Waals surface area contributed by atoms with Crippen LogP contribution in [0.3, 0.4) is 0 Å². The van der Waals surface area contributed by atoms with Crippen LogP contribution < -0.4 is 10.1 Å². The van der Waals surface area contributed by atoms with Crippen molar-refractivity contribution >= 4 is 45.2 Å². The van der Waals surface area contributed by atoms with Crippen molar-refractivity contribution in [1.82, 2.24) is 0 Å². The Labute approximate surface area is 136 Å². The van der Waals surface area contributed by atoms with Crippen LogP contribution in [0.1, 0.15) is 5.56 Å². The van der Waals surface area contributed by atoms with Gasteiger partial charge in [-0.25, -0.2) is 0 Å². The molecule has 0 spiro atoms. The van der Waals surface area contributed by atoms with E-state index in [1.807, 2.05) is 24.3 Å². The van der Waals surface area contributed by atoms with Crippen molar-refractivity contribution in [3.63, 3.8) is 0 Å². The standard InChI is InChI=1S/C16H13BrClNO2/c1-21-15-8-7-13(18)10-14(15)19-16(20)9-4-11-2-5-12(17)6-3-11/h2-10H,1H3,(H,19,20). The van der Waals surface area contributed by atoms with Crippen molar-refractivity contribution in [2.75, 3.05) is 12.4 Å². The quantitative estimate of drug-likeness (QED) is 0.792. The van der Waals surface area contributed by atoms with Crippen LogP contribution in [-0.2, 0) is 4.79 Å². The average molecular weight is 367 g/mol. The van der Waals surface area contributed by atoms with Gasteiger partial charge >= 0.3 is 0 Å². The number of hydrogen-bond donors (Lipinski definition) is 1. The second-order valence-corrected chi connectivity index (χ2v) is 5.57. The number of hydrogen-bond acceptors (Lipinski definition) is 2. The molecular weight excluding hydrogens is 354 g/mol. The molecule has 5 heteroatoms. The smallest absolute Gasteiger partial charge is 0.248 e. The number of amides is 1. The van der Waals surface area contributed by atoms with Crippen molar-refractivity contribution in [2.45, 2.75) is 0 Å². The number of anilines is 1. The Morgan fingerprint density at radius 3 is 2.62 bits per heavy atom. The molecule has 0 bridgehead atoms. The lowest BCUT2D eigenvalue weighted by Crippen LogP contribution is -2.08. The second kappa shape index (κ2) is 7.29. The zero-order chi connectivity index (χ0) is 15.2. The molecule has 1 amide bonds. The highest BCUT2D eigenvalue weighted by Gasteiger charge is 2.06. The minimum absolute atomic E-state index is 0.251. The molecule has 0 radical (unpaired) electrons. The molecule has 0 fully saturated rings. The van der Waals surface area contributed by atoms with Gasteiger partial charge in [0.05, 0.1) is 12.8 Å². The molecule has 2 aromatic carbocycles. The molecule has 2 aromatic rings. The van der Waals surface area contributed by atoms with Crippen LogP contribution >= 0.6 is 27.5 Å². The summed E-state index contributed by atoms with van der Waals surface area (Å²) < 4.78 is 6.17. The third-order valence-corrected chi connectivity index (χ3v) is 3.48. The van der Waals surface area contributed by atoms with Gasteiger partial charge in [0.1, 0.15) is 5.75 Å². The molecule has 0 aromatic heterocycles. The first-order valence-corrected chi connectivity index (χ1v) is 7.34. The lowest BCUT2D eigenvalue weighted by molar-refractivity contribution is -0.111. The summed E-state index contributed by atoms with van der Waals surface area (Å²) in [5.74, 6) is 0.309. The van der Waals surface area contributed by atoms with Gasteiger partial charge in [0.15, 0.2) is 0 Å². The largest absolute Gasteiger partial charge is 0.495 e. The maximum atomic E-state index is 11.9. The van der Waals surface area contributed by atoms with E-state index in [4.69, 9.17) is 16.3 Å². The predicted molar refractivity (Wildman–Crippen MR) is 89.8 cm³/mol.